The minimum Gasteiger partial charge on any atom is -0.435 e. The van der Waals surface area contributed by atoms with Gasteiger partial charge in [0.25, 0.3) is 5.56 Å². The molecule has 0 aliphatic carbocycles. The highest BCUT2D eigenvalue weighted by Gasteiger charge is 2.16. The molecule has 0 spiro atoms. The molecule has 1 aromatic heterocycles. The van der Waals surface area contributed by atoms with Gasteiger partial charge in [-0.1, -0.05) is 42.1 Å². The molecule has 0 atom stereocenters. The standard InChI is InChI=1S/C24H19F2N3O3S/c1-15-6-2-4-8-19(15)27-21(30)14-33-24-28-20-9-5-3-7-18(20)22(31)29(24)16-10-12-17(13-11-16)32-23(25)26/h2-13,23H,14H2,1H3,(H,27,30). The van der Waals surface area contributed by atoms with Gasteiger partial charge in [-0.25, -0.2) is 4.98 Å². The van der Waals surface area contributed by atoms with Crippen molar-refractivity contribution in [3.63, 3.8) is 0 Å². The largest absolute Gasteiger partial charge is 0.435 e. The first kappa shape index (κ1) is 22.5. The second-order valence-corrected chi connectivity index (χ2v) is 8.02. The zero-order valence-electron chi connectivity index (χ0n) is 17.5. The maximum Gasteiger partial charge on any atom is 0.387 e. The molecule has 0 saturated carbocycles. The summed E-state index contributed by atoms with van der Waals surface area (Å²) in [6.07, 6.45) is 0. The van der Waals surface area contributed by atoms with Gasteiger partial charge in [0.15, 0.2) is 5.16 Å². The number of amides is 1. The van der Waals surface area contributed by atoms with Gasteiger partial charge in [-0.05, 0) is 55.0 Å². The van der Waals surface area contributed by atoms with Crippen molar-refractivity contribution >= 4 is 34.3 Å². The topological polar surface area (TPSA) is 73.2 Å². The zero-order valence-corrected chi connectivity index (χ0v) is 18.3. The number of aryl methyl sites for hydroxylation is 1. The zero-order chi connectivity index (χ0) is 23.4. The number of aromatic nitrogens is 2. The van der Waals surface area contributed by atoms with Crippen LogP contribution in [0.4, 0.5) is 14.5 Å². The SMILES string of the molecule is Cc1ccccc1NC(=O)CSc1nc2ccccc2c(=O)n1-c1ccc(OC(F)F)cc1. The summed E-state index contributed by atoms with van der Waals surface area (Å²) in [5.41, 5.74) is 2.23. The van der Waals surface area contributed by atoms with E-state index in [1.54, 1.807) is 24.3 Å². The molecular weight excluding hydrogens is 448 g/mol. The predicted octanol–water partition coefficient (Wildman–Crippen LogP) is 5.03. The summed E-state index contributed by atoms with van der Waals surface area (Å²) in [5.74, 6) is -0.252. The van der Waals surface area contributed by atoms with Gasteiger partial charge in [0.05, 0.1) is 22.3 Å². The number of carbonyl (C=O) groups is 1. The molecule has 33 heavy (non-hydrogen) atoms. The fourth-order valence-electron chi connectivity index (χ4n) is 3.24. The van der Waals surface area contributed by atoms with Crippen LogP contribution < -0.4 is 15.6 Å². The molecule has 3 aromatic carbocycles. The van der Waals surface area contributed by atoms with Gasteiger partial charge in [0, 0.05) is 5.69 Å². The number of benzene rings is 3. The Morgan fingerprint density at radius 3 is 2.48 bits per heavy atom. The molecule has 1 amide bonds. The second-order valence-electron chi connectivity index (χ2n) is 7.08. The Kier molecular flexibility index (Phi) is 6.69. The smallest absolute Gasteiger partial charge is 0.387 e. The van der Waals surface area contributed by atoms with Crippen LogP contribution in [0.3, 0.4) is 0 Å². The minimum atomic E-state index is -2.95. The summed E-state index contributed by atoms with van der Waals surface area (Å²) >= 11 is 1.11. The van der Waals surface area contributed by atoms with Crippen molar-refractivity contribution in [1.29, 1.82) is 0 Å². The van der Waals surface area contributed by atoms with Crippen molar-refractivity contribution in [3.8, 4) is 11.4 Å². The van der Waals surface area contributed by atoms with Crippen molar-refractivity contribution in [2.24, 2.45) is 0 Å². The number of fused-ring (bicyclic) bond motifs is 1. The Hall–Kier alpha value is -3.72. The number of alkyl halides is 2. The molecule has 1 N–H and O–H groups in total. The fourth-order valence-corrected chi connectivity index (χ4v) is 4.06. The first-order chi connectivity index (χ1) is 15.9. The van der Waals surface area contributed by atoms with Gasteiger partial charge in [0.1, 0.15) is 5.75 Å². The Balaban J connectivity index is 1.66. The maximum absolute atomic E-state index is 13.3. The predicted molar refractivity (Wildman–Crippen MR) is 125 cm³/mol. The number of thioether (sulfide) groups is 1. The van der Waals surface area contributed by atoms with Crippen LogP contribution in [-0.4, -0.2) is 27.8 Å². The number of anilines is 1. The Bertz CT molecular complexity index is 1360. The van der Waals surface area contributed by atoms with E-state index in [4.69, 9.17) is 0 Å². The van der Waals surface area contributed by atoms with E-state index < -0.39 is 6.61 Å². The van der Waals surface area contributed by atoms with Gasteiger partial charge < -0.3 is 10.1 Å². The van der Waals surface area contributed by atoms with E-state index in [0.29, 0.717) is 27.4 Å². The van der Waals surface area contributed by atoms with Gasteiger partial charge in [0.2, 0.25) is 5.91 Å². The number of nitrogens with one attached hydrogen (secondary N) is 1. The summed E-state index contributed by atoms with van der Waals surface area (Å²) in [5, 5.41) is 3.56. The normalized spacial score (nSPS) is 11.0. The van der Waals surface area contributed by atoms with Crippen molar-refractivity contribution in [1.82, 2.24) is 9.55 Å². The van der Waals surface area contributed by atoms with Crippen LogP contribution in [0.25, 0.3) is 16.6 Å². The summed E-state index contributed by atoms with van der Waals surface area (Å²) in [6.45, 7) is -1.05. The van der Waals surface area contributed by atoms with Gasteiger partial charge in [-0.3, -0.25) is 14.2 Å². The average Bonchev–Trinajstić information content (AvgIpc) is 2.80. The van der Waals surface area contributed by atoms with Crippen LogP contribution in [0.5, 0.6) is 5.75 Å². The third-order valence-electron chi connectivity index (χ3n) is 4.82. The highest BCUT2D eigenvalue weighted by atomic mass is 32.2. The van der Waals surface area contributed by atoms with Crippen LogP contribution in [-0.2, 0) is 4.79 Å². The third-order valence-corrected chi connectivity index (χ3v) is 5.76. The number of halogens is 2. The summed E-state index contributed by atoms with van der Waals surface area (Å²) in [4.78, 5) is 30.4. The molecule has 0 bridgehead atoms. The molecule has 0 unspecified atom stereocenters. The first-order valence-electron chi connectivity index (χ1n) is 9.97. The molecular formula is C24H19F2N3O3S. The monoisotopic (exact) mass is 467 g/mol. The second kappa shape index (κ2) is 9.83. The van der Waals surface area contributed by atoms with Crippen LogP contribution >= 0.6 is 11.8 Å². The van der Waals surface area contributed by atoms with Gasteiger partial charge in [-0.15, -0.1) is 0 Å². The number of hydrogen-bond donors (Lipinski definition) is 1. The van der Waals surface area contributed by atoms with Crippen molar-refractivity contribution in [2.45, 2.75) is 18.7 Å². The van der Waals surface area contributed by atoms with Crippen LogP contribution in [0.1, 0.15) is 5.56 Å². The summed E-state index contributed by atoms with van der Waals surface area (Å²) in [6, 6.07) is 20.0. The highest BCUT2D eigenvalue weighted by molar-refractivity contribution is 7.99. The molecule has 4 rings (SSSR count). The lowest BCUT2D eigenvalue weighted by molar-refractivity contribution is -0.113. The molecule has 6 nitrogen and oxygen atoms in total. The Morgan fingerprint density at radius 1 is 1.06 bits per heavy atom. The number of ether oxygens (including phenoxy) is 1. The number of para-hydroxylation sites is 2. The number of hydrogen-bond acceptors (Lipinski definition) is 5. The molecule has 0 radical (unpaired) electrons. The maximum atomic E-state index is 13.3. The van der Waals surface area contributed by atoms with Crippen LogP contribution in [0.2, 0.25) is 0 Å². The lowest BCUT2D eigenvalue weighted by Gasteiger charge is -2.14. The number of nitrogens with zero attached hydrogens (tertiary/aromatic N) is 2. The Morgan fingerprint density at radius 2 is 1.76 bits per heavy atom. The lowest BCUT2D eigenvalue weighted by atomic mass is 10.2. The minimum absolute atomic E-state index is 0.0195. The highest BCUT2D eigenvalue weighted by Crippen LogP contribution is 2.24. The fraction of sp³-hybridized carbons (Fsp3) is 0.125. The molecule has 0 fully saturated rings. The van der Waals surface area contributed by atoms with Gasteiger partial charge >= 0.3 is 6.61 Å². The number of carbonyl (C=O) groups excluding carboxylic acids is 1. The molecule has 1 heterocycles. The van der Waals surface area contributed by atoms with Crippen LogP contribution in [0.15, 0.2) is 82.7 Å². The average molecular weight is 467 g/mol. The molecule has 0 aliphatic rings. The molecule has 168 valence electrons. The third kappa shape index (κ3) is 5.20. The van der Waals surface area contributed by atoms with E-state index in [-0.39, 0.29) is 23.0 Å². The molecule has 0 aliphatic heterocycles. The van der Waals surface area contributed by atoms with Gasteiger partial charge in [-0.2, -0.15) is 8.78 Å². The quantitative estimate of drug-likeness (QED) is 0.305. The van der Waals surface area contributed by atoms with Crippen molar-refractivity contribution in [3.05, 3.63) is 88.7 Å². The van der Waals surface area contributed by atoms with E-state index in [9.17, 15) is 18.4 Å². The van der Waals surface area contributed by atoms with Crippen LogP contribution in [0, 0.1) is 6.92 Å². The molecule has 4 aromatic rings. The van der Waals surface area contributed by atoms with E-state index in [1.807, 2.05) is 31.2 Å². The van der Waals surface area contributed by atoms with E-state index >= 15 is 0 Å². The van der Waals surface area contributed by atoms with E-state index in [2.05, 4.69) is 15.0 Å². The summed E-state index contributed by atoms with van der Waals surface area (Å²) < 4.78 is 30.7. The van der Waals surface area contributed by atoms with E-state index in [1.165, 1.54) is 28.8 Å². The summed E-state index contributed by atoms with van der Waals surface area (Å²) in [7, 11) is 0. The van der Waals surface area contributed by atoms with Crippen molar-refractivity contribution in [2.75, 3.05) is 11.1 Å². The molecule has 0 saturated heterocycles. The lowest BCUT2D eigenvalue weighted by Crippen LogP contribution is -2.23. The van der Waals surface area contributed by atoms with E-state index in [0.717, 1.165) is 17.3 Å². The first-order valence-corrected chi connectivity index (χ1v) is 11.0. The Labute approximate surface area is 192 Å². The number of rotatable bonds is 7. The molecule has 9 heteroatoms. The van der Waals surface area contributed by atoms with Crippen molar-refractivity contribution < 1.29 is 18.3 Å².